The molecule has 0 saturated carbocycles. The number of aromatic amines is 1. The molecular weight excluding hydrogens is 273 g/mol. The van der Waals surface area contributed by atoms with Gasteiger partial charge in [-0.15, -0.1) is 0 Å². The van der Waals surface area contributed by atoms with E-state index < -0.39 is 0 Å². The maximum Gasteiger partial charge on any atom is 0.200 e. The van der Waals surface area contributed by atoms with Crippen LogP contribution >= 0.6 is 12.2 Å². The number of aromatic nitrogens is 3. The molecular formula is C15H12FN3S. The summed E-state index contributed by atoms with van der Waals surface area (Å²) >= 11 is 5.29. The number of H-pyrrole nitrogens is 1. The van der Waals surface area contributed by atoms with Crippen LogP contribution < -0.4 is 0 Å². The van der Waals surface area contributed by atoms with Gasteiger partial charge >= 0.3 is 0 Å². The Morgan fingerprint density at radius 1 is 1.15 bits per heavy atom. The van der Waals surface area contributed by atoms with Crippen LogP contribution in [-0.4, -0.2) is 14.8 Å². The van der Waals surface area contributed by atoms with Crippen molar-refractivity contribution >= 4 is 12.2 Å². The molecule has 3 aromatic rings. The van der Waals surface area contributed by atoms with E-state index in [1.165, 1.54) is 12.1 Å². The number of rotatable bonds is 2. The van der Waals surface area contributed by atoms with Gasteiger partial charge < -0.3 is 0 Å². The van der Waals surface area contributed by atoms with Gasteiger partial charge in [0, 0.05) is 5.56 Å². The van der Waals surface area contributed by atoms with Gasteiger partial charge in [0.2, 0.25) is 0 Å². The highest BCUT2D eigenvalue weighted by atomic mass is 32.1. The predicted molar refractivity (Wildman–Crippen MR) is 78.9 cm³/mol. The summed E-state index contributed by atoms with van der Waals surface area (Å²) < 4.78 is 15.4. The largest absolute Gasteiger partial charge is 0.268 e. The Morgan fingerprint density at radius 3 is 2.60 bits per heavy atom. The number of halogens is 1. The molecule has 0 saturated heterocycles. The number of aryl methyl sites for hydroxylation is 1. The highest BCUT2D eigenvalue weighted by Crippen LogP contribution is 2.22. The Balaban J connectivity index is 2.20. The maximum absolute atomic E-state index is 13.0. The maximum atomic E-state index is 13.0. The van der Waals surface area contributed by atoms with Crippen LogP contribution in [0.5, 0.6) is 0 Å². The normalized spacial score (nSPS) is 10.7. The van der Waals surface area contributed by atoms with E-state index in [0.717, 1.165) is 16.8 Å². The third kappa shape index (κ3) is 2.28. The lowest BCUT2D eigenvalue weighted by Gasteiger charge is -2.07. The third-order valence-electron chi connectivity index (χ3n) is 3.03. The van der Waals surface area contributed by atoms with Gasteiger partial charge in [-0.05, 0) is 61.1 Å². The fourth-order valence-corrected chi connectivity index (χ4v) is 2.33. The minimum atomic E-state index is -0.273. The van der Waals surface area contributed by atoms with Crippen LogP contribution in [0.2, 0.25) is 0 Å². The molecule has 1 N–H and O–H groups in total. The van der Waals surface area contributed by atoms with E-state index in [1.54, 1.807) is 12.1 Å². The number of hydrogen-bond acceptors (Lipinski definition) is 2. The van der Waals surface area contributed by atoms with Crippen molar-refractivity contribution in [2.45, 2.75) is 6.92 Å². The number of nitrogens with zero attached hydrogens (tertiary/aromatic N) is 2. The summed E-state index contributed by atoms with van der Waals surface area (Å²) in [5.74, 6) is 0.394. The molecule has 0 radical (unpaired) electrons. The van der Waals surface area contributed by atoms with Gasteiger partial charge in [-0.3, -0.25) is 9.67 Å². The first-order valence-corrected chi connectivity index (χ1v) is 6.56. The van der Waals surface area contributed by atoms with Crippen molar-refractivity contribution < 1.29 is 4.39 Å². The van der Waals surface area contributed by atoms with Crippen LogP contribution in [0, 0.1) is 17.5 Å². The summed E-state index contributed by atoms with van der Waals surface area (Å²) in [4.78, 5) is 0. The second-order valence-electron chi connectivity index (χ2n) is 4.53. The Kier molecular flexibility index (Phi) is 3.20. The van der Waals surface area contributed by atoms with Crippen LogP contribution in [0.25, 0.3) is 17.1 Å². The lowest BCUT2D eigenvalue weighted by atomic mass is 10.2. The predicted octanol–water partition coefficient (Wildman–Crippen LogP) is 4.04. The summed E-state index contributed by atoms with van der Waals surface area (Å²) in [7, 11) is 0. The molecule has 0 aliphatic rings. The van der Waals surface area contributed by atoms with Crippen molar-refractivity contribution in [3.8, 4) is 17.1 Å². The summed E-state index contributed by atoms with van der Waals surface area (Å²) in [6, 6.07) is 14.2. The zero-order valence-corrected chi connectivity index (χ0v) is 11.6. The van der Waals surface area contributed by atoms with Gasteiger partial charge in [0.15, 0.2) is 10.6 Å². The van der Waals surface area contributed by atoms with Crippen molar-refractivity contribution in [1.82, 2.24) is 14.8 Å². The Morgan fingerprint density at radius 2 is 1.90 bits per heavy atom. The summed E-state index contributed by atoms with van der Waals surface area (Å²) in [6.07, 6.45) is 0. The van der Waals surface area contributed by atoms with Gasteiger partial charge in [0.1, 0.15) is 5.82 Å². The fraction of sp³-hybridized carbons (Fsp3) is 0.0667. The smallest absolute Gasteiger partial charge is 0.200 e. The van der Waals surface area contributed by atoms with E-state index in [-0.39, 0.29) is 5.82 Å². The van der Waals surface area contributed by atoms with E-state index in [9.17, 15) is 4.39 Å². The van der Waals surface area contributed by atoms with Crippen LogP contribution in [-0.2, 0) is 0 Å². The molecule has 3 nitrogen and oxygen atoms in total. The van der Waals surface area contributed by atoms with Gasteiger partial charge in [-0.1, -0.05) is 12.1 Å². The molecule has 0 amide bonds. The van der Waals surface area contributed by atoms with E-state index >= 15 is 0 Å². The molecule has 5 heteroatoms. The zero-order chi connectivity index (χ0) is 14.1. The lowest BCUT2D eigenvalue weighted by molar-refractivity contribution is 0.628. The molecule has 3 rings (SSSR count). The van der Waals surface area contributed by atoms with Crippen LogP contribution in [0.4, 0.5) is 4.39 Å². The molecule has 2 aromatic carbocycles. The molecule has 0 fully saturated rings. The van der Waals surface area contributed by atoms with E-state index in [2.05, 4.69) is 10.2 Å². The second kappa shape index (κ2) is 5.02. The average Bonchev–Trinajstić information content (AvgIpc) is 2.81. The monoisotopic (exact) mass is 285 g/mol. The van der Waals surface area contributed by atoms with Crippen molar-refractivity contribution in [2.75, 3.05) is 0 Å². The average molecular weight is 285 g/mol. The van der Waals surface area contributed by atoms with E-state index in [0.29, 0.717) is 10.6 Å². The SMILES string of the molecule is Cc1cccc(-n2c(-c3ccc(F)cc3)n[nH]c2=S)c1. The summed E-state index contributed by atoms with van der Waals surface area (Å²) in [5.41, 5.74) is 2.87. The van der Waals surface area contributed by atoms with E-state index in [4.69, 9.17) is 12.2 Å². The van der Waals surface area contributed by atoms with Gasteiger partial charge in [0.05, 0.1) is 5.69 Å². The first-order chi connectivity index (χ1) is 9.65. The standard InChI is InChI=1S/C15H12FN3S/c1-10-3-2-4-13(9-10)19-14(17-18-15(19)20)11-5-7-12(16)8-6-11/h2-9H,1H3,(H,18,20). The number of hydrogen-bond donors (Lipinski definition) is 1. The van der Waals surface area contributed by atoms with Crippen LogP contribution in [0.15, 0.2) is 48.5 Å². The first kappa shape index (κ1) is 12.7. The molecule has 0 atom stereocenters. The summed E-state index contributed by atoms with van der Waals surface area (Å²) in [6.45, 7) is 2.02. The van der Waals surface area contributed by atoms with Crippen molar-refractivity contribution in [3.05, 3.63) is 64.7 Å². The number of benzene rings is 2. The third-order valence-corrected chi connectivity index (χ3v) is 3.31. The van der Waals surface area contributed by atoms with Gasteiger partial charge in [-0.25, -0.2) is 4.39 Å². The molecule has 0 spiro atoms. The second-order valence-corrected chi connectivity index (χ2v) is 4.92. The molecule has 1 heterocycles. The molecule has 100 valence electrons. The van der Waals surface area contributed by atoms with Crippen molar-refractivity contribution in [3.63, 3.8) is 0 Å². The Labute approximate surface area is 120 Å². The Hall–Kier alpha value is -2.27. The minimum Gasteiger partial charge on any atom is -0.268 e. The summed E-state index contributed by atoms with van der Waals surface area (Å²) in [5, 5.41) is 7.04. The Bertz CT molecular complexity index is 802. The van der Waals surface area contributed by atoms with Gasteiger partial charge in [0.25, 0.3) is 0 Å². The highest BCUT2D eigenvalue weighted by Gasteiger charge is 2.10. The quantitative estimate of drug-likeness (QED) is 0.721. The molecule has 0 aliphatic heterocycles. The molecule has 0 bridgehead atoms. The highest BCUT2D eigenvalue weighted by molar-refractivity contribution is 7.71. The number of nitrogens with one attached hydrogen (secondary N) is 1. The van der Waals surface area contributed by atoms with E-state index in [1.807, 2.05) is 35.8 Å². The first-order valence-electron chi connectivity index (χ1n) is 6.15. The lowest BCUT2D eigenvalue weighted by Crippen LogP contribution is -1.98. The molecule has 20 heavy (non-hydrogen) atoms. The molecule has 0 unspecified atom stereocenters. The van der Waals surface area contributed by atoms with Crippen molar-refractivity contribution in [2.24, 2.45) is 0 Å². The zero-order valence-electron chi connectivity index (χ0n) is 10.8. The van der Waals surface area contributed by atoms with Crippen LogP contribution in [0.1, 0.15) is 5.56 Å². The van der Waals surface area contributed by atoms with Crippen molar-refractivity contribution in [1.29, 1.82) is 0 Å². The molecule has 0 aliphatic carbocycles. The minimum absolute atomic E-state index is 0.273. The fourth-order valence-electron chi connectivity index (χ4n) is 2.10. The molecule has 1 aromatic heterocycles. The topological polar surface area (TPSA) is 33.6 Å². The van der Waals surface area contributed by atoms with Gasteiger partial charge in [-0.2, -0.15) is 5.10 Å². The van der Waals surface area contributed by atoms with Crippen LogP contribution in [0.3, 0.4) is 0 Å².